The molecule has 0 bridgehead atoms. The van der Waals surface area contributed by atoms with Gasteiger partial charge >= 0.3 is 0 Å². The van der Waals surface area contributed by atoms with Gasteiger partial charge in [0.05, 0.1) is 12.0 Å². The molecule has 6 heteroatoms. The van der Waals surface area contributed by atoms with E-state index in [9.17, 15) is 9.18 Å². The number of rotatable bonds is 5. The Kier molecular flexibility index (Phi) is 7.08. The molecule has 0 atom stereocenters. The van der Waals surface area contributed by atoms with Crippen LogP contribution >= 0.6 is 12.4 Å². The molecule has 1 aliphatic rings. The van der Waals surface area contributed by atoms with Crippen molar-refractivity contribution in [3.05, 3.63) is 35.6 Å². The van der Waals surface area contributed by atoms with Crippen molar-refractivity contribution in [3.8, 4) is 0 Å². The summed E-state index contributed by atoms with van der Waals surface area (Å²) in [4.78, 5) is 12.5. The van der Waals surface area contributed by atoms with Gasteiger partial charge in [-0.25, -0.2) is 4.39 Å². The van der Waals surface area contributed by atoms with E-state index in [0.717, 1.165) is 25.9 Å². The van der Waals surface area contributed by atoms with Crippen LogP contribution in [0.25, 0.3) is 0 Å². The lowest BCUT2D eigenvalue weighted by Gasteiger charge is -2.35. The van der Waals surface area contributed by atoms with E-state index < -0.39 is 5.41 Å². The van der Waals surface area contributed by atoms with Crippen molar-refractivity contribution in [1.82, 2.24) is 10.6 Å². The highest BCUT2D eigenvalue weighted by molar-refractivity contribution is 5.85. The van der Waals surface area contributed by atoms with Crippen LogP contribution in [0.3, 0.4) is 0 Å². The Labute approximate surface area is 130 Å². The van der Waals surface area contributed by atoms with Gasteiger partial charge in [-0.05, 0) is 32.0 Å². The van der Waals surface area contributed by atoms with Crippen LogP contribution in [0.4, 0.5) is 4.39 Å². The number of hydrogen-bond acceptors (Lipinski definition) is 3. The molecule has 1 fully saturated rings. The lowest BCUT2D eigenvalue weighted by Crippen LogP contribution is -2.50. The van der Waals surface area contributed by atoms with Gasteiger partial charge in [-0.15, -0.1) is 12.4 Å². The first-order chi connectivity index (χ1) is 9.68. The Morgan fingerprint density at radius 3 is 2.67 bits per heavy atom. The Morgan fingerprint density at radius 2 is 2.05 bits per heavy atom. The second kappa shape index (κ2) is 8.32. The lowest BCUT2D eigenvalue weighted by atomic mass is 9.78. The zero-order chi connectivity index (χ0) is 14.4. The molecular weight excluding hydrogens is 295 g/mol. The standard InChI is InChI=1S/C15H21FN2O2.ClH/c1-20-11-15(6-8-17-9-7-15)14(19)18-10-12-4-2-3-5-13(12)16;/h2-5,17H,6-11H2,1H3,(H,18,19);1H. The summed E-state index contributed by atoms with van der Waals surface area (Å²) in [6, 6.07) is 6.48. The van der Waals surface area contributed by atoms with Crippen LogP contribution in [0, 0.1) is 11.2 Å². The first kappa shape index (κ1) is 17.9. The third kappa shape index (κ3) is 4.40. The van der Waals surface area contributed by atoms with Crippen molar-refractivity contribution >= 4 is 18.3 Å². The van der Waals surface area contributed by atoms with E-state index >= 15 is 0 Å². The Morgan fingerprint density at radius 1 is 1.38 bits per heavy atom. The van der Waals surface area contributed by atoms with Crippen LogP contribution in [0.5, 0.6) is 0 Å². The number of benzene rings is 1. The summed E-state index contributed by atoms with van der Waals surface area (Å²) < 4.78 is 18.8. The molecule has 118 valence electrons. The first-order valence-electron chi connectivity index (χ1n) is 6.89. The fraction of sp³-hybridized carbons (Fsp3) is 0.533. The highest BCUT2D eigenvalue weighted by Crippen LogP contribution is 2.29. The minimum absolute atomic E-state index is 0. The van der Waals surface area contributed by atoms with Gasteiger partial charge in [0, 0.05) is 19.2 Å². The summed E-state index contributed by atoms with van der Waals surface area (Å²) in [6.07, 6.45) is 1.48. The fourth-order valence-electron chi connectivity index (χ4n) is 2.62. The molecule has 0 unspecified atom stereocenters. The van der Waals surface area contributed by atoms with E-state index in [1.807, 2.05) is 0 Å². The van der Waals surface area contributed by atoms with E-state index in [2.05, 4.69) is 10.6 Å². The topological polar surface area (TPSA) is 50.4 Å². The molecule has 21 heavy (non-hydrogen) atoms. The average molecular weight is 317 g/mol. The maximum atomic E-state index is 13.5. The van der Waals surface area contributed by atoms with E-state index in [1.54, 1.807) is 25.3 Å². The number of halogens is 2. The minimum Gasteiger partial charge on any atom is -0.384 e. The van der Waals surface area contributed by atoms with Crippen molar-refractivity contribution in [2.24, 2.45) is 5.41 Å². The number of hydrogen-bond donors (Lipinski definition) is 2. The molecule has 2 rings (SSSR count). The monoisotopic (exact) mass is 316 g/mol. The van der Waals surface area contributed by atoms with Crippen LogP contribution in [0.1, 0.15) is 18.4 Å². The van der Waals surface area contributed by atoms with E-state index in [0.29, 0.717) is 12.2 Å². The van der Waals surface area contributed by atoms with E-state index in [-0.39, 0.29) is 30.7 Å². The van der Waals surface area contributed by atoms with E-state index in [1.165, 1.54) is 6.07 Å². The molecule has 1 heterocycles. The second-order valence-corrected chi connectivity index (χ2v) is 5.24. The average Bonchev–Trinajstić information content (AvgIpc) is 2.47. The smallest absolute Gasteiger partial charge is 0.228 e. The first-order valence-corrected chi connectivity index (χ1v) is 6.89. The number of piperidine rings is 1. The Bertz CT molecular complexity index is 459. The van der Waals surface area contributed by atoms with Crippen LogP contribution in [0.15, 0.2) is 24.3 Å². The molecule has 4 nitrogen and oxygen atoms in total. The Balaban J connectivity index is 0.00000220. The van der Waals surface area contributed by atoms with Gasteiger partial charge in [-0.3, -0.25) is 4.79 Å². The van der Waals surface area contributed by atoms with Crippen LogP contribution in [0.2, 0.25) is 0 Å². The normalized spacial score (nSPS) is 16.9. The number of carbonyl (C=O) groups is 1. The maximum Gasteiger partial charge on any atom is 0.228 e. The molecule has 0 saturated carbocycles. The maximum absolute atomic E-state index is 13.5. The zero-order valence-electron chi connectivity index (χ0n) is 12.2. The van der Waals surface area contributed by atoms with Gasteiger partial charge in [0.15, 0.2) is 0 Å². The molecule has 0 aromatic heterocycles. The predicted molar refractivity (Wildman–Crippen MR) is 81.9 cm³/mol. The molecule has 0 spiro atoms. The van der Waals surface area contributed by atoms with Crippen molar-refractivity contribution in [1.29, 1.82) is 0 Å². The number of amides is 1. The SMILES string of the molecule is COCC1(C(=O)NCc2ccccc2F)CCNCC1.Cl. The number of carbonyl (C=O) groups excluding carboxylic acids is 1. The molecule has 1 amide bonds. The van der Waals surface area contributed by atoms with Gasteiger partial charge in [-0.1, -0.05) is 18.2 Å². The van der Waals surface area contributed by atoms with Gasteiger partial charge in [0.25, 0.3) is 0 Å². The highest BCUT2D eigenvalue weighted by Gasteiger charge is 2.39. The summed E-state index contributed by atoms with van der Waals surface area (Å²) in [6.45, 7) is 2.22. The summed E-state index contributed by atoms with van der Waals surface area (Å²) in [5, 5.41) is 6.09. The van der Waals surface area contributed by atoms with Gasteiger partial charge in [0.1, 0.15) is 5.82 Å². The molecule has 0 radical (unpaired) electrons. The quantitative estimate of drug-likeness (QED) is 0.872. The predicted octanol–water partition coefficient (Wildman–Crippen LogP) is 1.88. The third-order valence-corrected chi connectivity index (χ3v) is 3.86. The highest BCUT2D eigenvalue weighted by atomic mass is 35.5. The molecular formula is C15H22ClFN2O2. The molecule has 1 aromatic rings. The lowest BCUT2D eigenvalue weighted by molar-refractivity contribution is -0.136. The van der Waals surface area contributed by atoms with Crippen molar-refractivity contribution in [2.45, 2.75) is 19.4 Å². The fourth-order valence-corrected chi connectivity index (χ4v) is 2.62. The molecule has 1 saturated heterocycles. The van der Waals surface area contributed by atoms with Crippen molar-refractivity contribution < 1.29 is 13.9 Å². The zero-order valence-corrected chi connectivity index (χ0v) is 13.0. The number of ether oxygens (including phenoxy) is 1. The van der Waals surface area contributed by atoms with Gasteiger partial charge in [0.2, 0.25) is 5.91 Å². The van der Waals surface area contributed by atoms with Gasteiger partial charge < -0.3 is 15.4 Å². The Hall–Kier alpha value is -1.17. The number of nitrogens with one attached hydrogen (secondary N) is 2. The molecule has 1 aromatic carbocycles. The van der Waals surface area contributed by atoms with Gasteiger partial charge in [-0.2, -0.15) is 0 Å². The minimum atomic E-state index is -0.495. The largest absolute Gasteiger partial charge is 0.384 e. The molecule has 0 aliphatic carbocycles. The molecule has 2 N–H and O–H groups in total. The van der Waals surface area contributed by atoms with Crippen LogP contribution in [-0.2, 0) is 16.1 Å². The molecule has 1 aliphatic heterocycles. The summed E-state index contributed by atoms with van der Waals surface area (Å²) in [5.41, 5.74) is 0.00739. The van der Waals surface area contributed by atoms with Crippen LogP contribution in [-0.4, -0.2) is 32.7 Å². The summed E-state index contributed by atoms with van der Waals surface area (Å²) >= 11 is 0. The second-order valence-electron chi connectivity index (χ2n) is 5.24. The number of methoxy groups -OCH3 is 1. The summed E-state index contributed by atoms with van der Waals surface area (Å²) in [5.74, 6) is -0.344. The van der Waals surface area contributed by atoms with E-state index in [4.69, 9.17) is 4.74 Å². The van der Waals surface area contributed by atoms with Crippen molar-refractivity contribution in [2.75, 3.05) is 26.8 Å². The van der Waals surface area contributed by atoms with Crippen LogP contribution < -0.4 is 10.6 Å². The summed E-state index contributed by atoms with van der Waals surface area (Å²) in [7, 11) is 1.61. The third-order valence-electron chi connectivity index (χ3n) is 3.86. The van der Waals surface area contributed by atoms with Crippen molar-refractivity contribution in [3.63, 3.8) is 0 Å².